The van der Waals surface area contributed by atoms with Gasteiger partial charge in [-0.1, -0.05) is 0 Å². The van der Waals surface area contributed by atoms with E-state index in [9.17, 15) is 14.4 Å². The number of carbonyl (C=O) groups excluding carboxylic acids is 1. The van der Waals surface area contributed by atoms with Gasteiger partial charge in [0.05, 0.1) is 11.7 Å². The number of thiophene rings is 1. The minimum absolute atomic E-state index is 0.271. The second-order valence-corrected chi connectivity index (χ2v) is 6.82. The molecule has 0 fully saturated rings. The lowest BCUT2D eigenvalue weighted by molar-refractivity contribution is -0.146. The first-order valence-electron chi connectivity index (χ1n) is 6.63. The number of rotatable bonds is 4. The van der Waals surface area contributed by atoms with E-state index in [0.717, 1.165) is 10.4 Å². The quantitative estimate of drug-likeness (QED) is 0.876. The van der Waals surface area contributed by atoms with Gasteiger partial charge >= 0.3 is 5.97 Å². The average molecular weight is 323 g/mol. The molecule has 0 aromatic carbocycles. The maximum atomic E-state index is 12.4. The Labute approximate surface area is 130 Å². The van der Waals surface area contributed by atoms with Crippen molar-refractivity contribution in [1.29, 1.82) is 0 Å². The summed E-state index contributed by atoms with van der Waals surface area (Å²) in [6, 6.07) is 0. The van der Waals surface area contributed by atoms with Crippen LogP contribution in [0.15, 0.2) is 11.1 Å². The molecule has 2 N–H and O–H groups in total. The fraction of sp³-hybridized carbons (Fsp3) is 0.429. The number of aryl methyl sites for hydroxylation is 2. The zero-order valence-electron chi connectivity index (χ0n) is 12.8. The fourth-order valence-electron chi connectivity index (χ4n) is 1.98. The molecule has 0 aliphatic heterocycles. The first-order chi connectivity index (χ1) is 10.1. The zero-order valence-corrected chi connectivity index (χ0v) is 13.6. The van der Waals surface area contributed by atoms with Gasteiger partial charge in [0.1, 0.15) is 16.9 Å². The van der Waals surface area contributed by atoms with Gasteiger partial charge in [-0.15, -0.1) is 11.3 Å². The number of carboxylic acids is 1. The minimum Gasteiger partial charge on any atom is -0.480 e. The van der Waals surface area contributed by atoms with Crippen LogP contribution in [0, 0.1) is 13.8 Å². The van der Waals surface area contributed by atoms with Crippen molar-refractivity contribution in [3.63, 3.8) is 0 Å². The minimum atomic E-state index is -1.40. The molecule has 8 heteroatoms. The van der Waals surface area contributed by atoms with Crippen LogP contribution in [0.25, 0.3) is 10.2 Å². The van der Waals surface area contributed by atoms with Crippen molar-refractivity contribution in [3.8, 4) is 0 Å². The molecule has 0 atom stereocenters. The lowest BCUT2D eigenvalue weighted by Gasteiger charge is -2.21. The number of amides is 1. The molecule has 2 aromatic rings. The van der Waals surface area contributed by atoms with Crippen molar-refractivity contribution >= 4 is 33.4 Å². The van der Waals surface area contributed by atoms with Gasteiger partial charge in [-0.3, -0.25) is 14.2 Å². The maximum absolute atomic E-state index is 12.4. The highest BCUT2D eigenvalue weighted by atomic mass is 32.1. The summed E-state index contributed by atoms with van der Waals surface area (Å²) >= 11 is 1.43. The summed E-state index contributed by atoms with van der Waals surface area (Å²) in [5, 5.41) is 11.9. The topological polar surface area (TPSA) is 101 Å². The SMILES string of the molecule is Cc1sc2ncn(CC(=O)NC(C)(C)C(=O)O)c(=O)c2c1C. The Balaban J connectivity index is 2.31. The highest BCUT2D eigenvalue weighted by molar-refractivity contribution is 7.18. The molecule has 0 aliphatic rings. The van der Waals surface area contributed by atoms with Gasteiger partial charge in [-0.2, -0.15) is 0 Å². The van der Waals surface area contributed by atoms with E-state index in [1.807, 2.05) is 13.8 Å². The molecule has 2 heterocycles. The van der Waals surface area contributed by atoms with Gasteiger partial charge in [0, 0.05) is 4.88 Å². The molecule has 1 amide bonds. The highest BCUT2D eigenvalue weighted by Gasteiger charge is 2.29. The normalized spacial score (nSPS) is 11.6. The summed E-state index contributed by atoms with van der Waals surface area (Å²) in [4.78, 5) is 41.2. The predicted octanol–water partition coefficient (Wildman–Crippen LogP) is 1.05. The monoisotopic (exact) mass is 323 g/mol. The predicted molar refractivity (Wildman–Crippen MR) is 83.2 cm³/mol. The number of nitrogens with one attached hydrogen (secondary N) is 1. The molecule has 2 rings (SSSR count). The van der Waals surface area contributed by atoms with Gasteiger partial charge in [0.15, 0.2) is 0 Å². The third-order valence-electron chi connectivity index (χ3n) is 3.46. The Kier molecular flexibility index (Phi) is 4.06. The van der Waals surface area contributed by atoms with Crippen LogP contribution in [0.2, 0.25) is 0 Å². The molecule has 118 valence electrons. The zero-order chi connectivity index (χ0) is 16.7. The third kappa shape index (κ3) is 2.87. The Morgan fingerprint density at radius 2 is 2.05 bits per heavy atom. The molecular formula is C14H17N3O4S. The molecule has 0 unspecified atom stereocenters. The van der Waals surface area contributed by atoms with Crippen molar-refractivity contribution in [2.45, 2.75) is 39.8 Å². The first-order valence-corrected chi connectivity index (χ1v) is 7.44. The second-order valence-electron chi connectivity index (χ2n) is 5.62. The first kappa shape index (κ1) is 16.2. The number of aliphatic carboxylic acids is 1. The number of nitrogens with zero attached hydrogens (tertiary/aromatic N) is 2. The van der Waals surface area contributed by atoms with Crippen molar-refractivity contribution < 1.29 is 14.7 Å². The summed E-state index contributed by atoms with van der Waals surface area (Å²) in [5.74, 6) is -1.70. The second kappa shape index (κ2) is 5.53. The largest absolute Gasteiger partial charge is 0.480 e. The molecule has 0 saturated carbocycles. The molecule has 0 spiro atoms. The van der Waals surface area contributed by atoms with E-state index in [1.165, 1.54) is 36.1 Å². The molecule has 0 saturated heterocycles. The van der Waals surface area contributed by atoms with Crippen LogP contribution in [0.5, 0.6) is 0 Å². The summed E-state index contributed by atoms with van der Waals surface area (Å²) in [6.45, 7) is 6.24. The van der Waals surface area contributed by atoms with Crippen LogP contribution in [-0.4, -0.2) is 32.1 Å². The van der Waals surface area contributed by atoms with Crippen LogP contribution in [-0.2, 0) is 16.1 Å². The van der Waals surface area contributed by atoms with Gasteiger partial charge in [0.25, 0.3) is 5.56 Å². The third-order valence-corrected chi connectivity index (χ3v) is 4.57. The van der Waals surface area contributed by atoms with Crippen molar-refractivity contribution in [3.05, 3.63) is 27.1 Å². The van der Waals surface area contributed by atoms with Crippen LogP contribution < -0.4 is 10.9 Å². The number of hydrogen-bond acceptors (Lipinski definition) is 5. The molecule has 0 radical (unpaired) electrons. The van der Waals surface area contributed by atoms with E-state index in [2.05, 4.69) is 10.3 Å². The van der Waals surface area contributed by atoms with Crippen LogP contribution in [0.4, 0.5) is 0 Å². The highest BCUT2D eigenvalue weighted by Crippen LogP contribution is 2.25. The molecule has 0 aliphatic carbocycles. The molecule has 2 aromatic heterocycles. The summed E-state index contributed by atoms with van der Waals surface area (Å²) in [6.07, 6.45) is 1.31. The number of hydrogen-bond donors (Lipinski definition) is 2. The van der Waals surface area contributed by atoms with E-state index in [4.69, 9.17) is 5.11 Å². The fourth-order valence-corrected chi connectivity index (χ4v) is 2.97. The van der Waals surface area contributed by atoms with Crippen LogP contribution >= 0.6 is 11.3 Å². The molecule has 22 heavy (non-hydrogen) atoms. The Morgan fingerprint density at radius 3 is 2.64 bits per heavy atom. The van der Waals surface area contributed by atoms with Crippen molar-refractivity contribution in [2.75, 3.05) is 0 Å². The molecular weight excluding hydrogens is 306 g/mol. The van der Waals surface area contributed by atoms with Gasteiger partial charge in [0.2, 0.25) is 5.91 Å². The number of carboxylic acid groups (broad SMARTS) is 1. The smallest absolute Gasteiger partial charge is 0.328 e. The Bertz CT molecular complexity index is 819. The Morgan fingerprint density at radius 1 is 1.41 bits per heavy atom. The van der Waals surface area contributed by atoms with E-state index in [0.29, 0.717) is 10.2 Å². The molecule has 7 nitrogen and oxygen atoms in total. The van der Waals surface area contributed by atoms with E-state index >= 15 is 0 Å². The van der Waals surface area contributed by atoms with Crippen molar-refractivity contribution in [1.82, 2.24) is 14.9 Å². The van der Waals surface area contributed by atoms with Crippen molar-refractivity contribution in [2.24, 2.45) is 0 Å². The number of carbonyl (C=O) groups is 2. The Hall–Kier alpha value is -2.22. The van der Waals surface area contributed by atoms with E-state index in [-0.39, 0.29) is 12.1 Å². The van der Waals surface area contributed by atoms with E-state index in [1.54, 1.807) is 0 Å². The standard InChI is InChI=1S/C14H17N3O4S/c1-7-8(2)22-11-10(7)12(19)17(6-15-11)5-9(18)16-14(3,4)13(20)21/h6H,5H2,1-4H3,(H,16,18)(H,20,21). The summed E-state index contributed by atoms with van der Waals surface area (Å²) < 4.78 is 1.19. The van der Waals surface area contributed by atoms with Crippen LogP contribution in [0.3, 0.4) is 0 Å². The maximum Gasteiger partial charge on any atom is 0.328 e. The van der Waals surface area contributed by atoms with Gasteiger partial charge < -0.3 is 10.4 Å². The lowest BCUT2D eigenvalue weighted by Crippen LogP contribution is -2.51. The average Bonchev–Trinajstić information content (AvgIpc) is 2.68. The molecule has 0 bridgehead atoms. The van der Waals surface area contributed by atoms with E-state index < -0.39 is 17.4 Å². The summed E-state index contributed by atoms with van der Waals surface area (Å²) in [5.41, 5.74) is -0.833. The van der Waals surface area contributed by atoms with Gasteiger partial charge in [-0.25, -0.2) is 9.78 Å². The number of aromatic nitrogens is 2. The lowest BCUT2D eigenvalue weighted by atomic mass is 10.1. The van der Waals surface area contributed by atoms with Gasteiger partial charge in [-0.05, 0) is 33.3 Å². The van der Waals surface area contributed by atoms with Crippen LogP contribution in [0.1, 0.15) is 24.3 Å². The summed E-state index contributed by atoms with van der Waals surface area (Å²) in [7, 11) is 0. The number of fused-ring (bicyclic) bond motifs is 1.